The summed E-state index contributed by atoms with van der Waals surface area (Å²) in [7, 11) is 0. The molecule has 0 aliphatic carbocycles. The molecule has 1 aromatic heterocycles. The topological polar surface area (TPSA) is 87.4 Å². The fourth-order valence-electron chi connectivity index (χ4n) is 2.78. The van der Waals surface area contributed by atoms with Crippen LogP contribution in [0.5, 0.6) is 0 Å². The van der Waals surface area contributed by atoms with Crippen molar-refractivity contribution in [2.45, 2.75) is 46.6 Å². The molecule has 0 radical (unpaired) electrons. The van der Waals surface area contributed by atoms with Crippen molar-refractivity contribution < 1.29 is 14.3 Å². The van der Waals surface area contributed by atoms with Gasteiger partial charge in [-0.3, -0.25) is 0 Å². The van der Waals surface area contributed by atoms with Gasteiger partial charge in [-0.15, -0.1) is 0 Å². The number of hydrogen-bond acceptors (Lipinski definition) is 4. The van der Waals surface area contributed by atoms with Crippen LogP contribution in [0.4, 0.5) is 10.5 Å². The van der Waals surface area contributed by atoms with Gasteiger partial charge < -0.3 is 20.2 Å². The van der Waals surface area contributed by atoms with Gasteiger partial charge >= 0.3 is 6.03 Å². The predicted molar refractivity (Wildman–Crippen MR) is 98.5 cm³/mol. The number of nitrogens with zero attached hydrogens (tertiary/aromatic N) is 1. The smallest absolute Gasteiger partial charge is 0.319 e. The van der Waals surface area contributed by atoms with E-state index in [1.54, 1.807) is 6.26 Å². The second-order valence-electron chi connectivity index (χ2n) is 6.30. The first-order chi connectivity index (χ1) is 11.9. The Kier molecular flexibility index (Phi) is 6.58. The summed E-state index contributed by atoms with van der Waals surface area (Å²) in [5, 5.41) is 15.6. The summed E-state index contributed by atoms with van der Waals surface area (Å²) < 4.78 is 5.45. The molecule has 0 bridgehead atoms. The number of amides is 2. The van der Waals surface area contributed by atoms with Crippen LogP contribution in [0.25, 0.3) is 11.5 Å². The minimum Gasteiger partial charge on any atom is -0.444 e. The Labute approximate surface area is 148 Å². The van der Waals surface area contributed by atoms with Gasteiger partial charge in [0.25, 0.3) is 0 Å². The number of carbonyl (C=O) groups excluding carboxylic acids is 1. The molecule has 25 heavy (non-hydrogen) atoms. The molecule has 2 rings (SSSR count). The third-order valence-corrected chi connectivity index (χ3v) is 4.41. The van der Waals surface area contributed by atoms with E-state index >= 15 is 0 Å². The van der Waals surface area contributed by atoms with Crippen LogP contribution in [0.1, 0.15) is 37.9 Å². The number of benzene rings is 1. The third kappa shape index (κ3) is 5.06. The molecule has 2 aromatic rings. The van der Waals surface area contributed by atoms with Crippen molar-refractivity contribution in [1.29, 1.82) is 0 Å². The number of aryl methyl sites for hydroxylation is 2. The highest BCUT2D eigenvalue weighted by molar-refractivity contribution is 5.90. The van der Waals surface area contributed by atoms with Crippen molar-refractivity contribution in [3.8, 4) is 11.5 Å². The second kappa shape index (κ2) is 8.67. The second-order valence-corrected chi connectivity index (χ2v) is 6.30. The van der Waals surface area contributed by atoms with E-state index in [-0.39, 0.29) is 18.5 Å². The molecule has 1 aromatic carbocycles. The highest BCUT2D eigenvalue weighted by atomic mass is 16.3. The van der Waals surface area contributed by atoms with Gasteiger partial charge in [0.1, 0.15) is 6.26 Å². The van der Waals surface area contributed by atoms with Gasteiger partial charge in [0.15, 0.2) is 0 Å². The van der Waals surface area contributed by atoms with Crippen LogP contribution in [-0.4, -0.2) is 28.8 Å². The number of oxazole rings is 1. The first kappa shape index (κ1) is 19.0. The van der Waals surface area contributed by atoms with E-state index < -0.39 is 6.10 Å². The molecule has 1 atom stereocenters. The number of hydrogen-bond donors (Lipinski definition) is 3. The standard InChI is InChI=1S/C19H27N3O3/c1-5-14(6-2)17(23)10-20-19(24)22-15-8-7-12(3)16(9-15)18-21-13(4)11-25-18/h7-9,11,14,17,23H,5-6,10H2,1-4H3,(H2,20,22,24). The van der Waals surface area contributed by atoms with Crippen LogP contribution in [-0.2, 0) is 0 Å². The van der Waals surface area contributed by atoms with Crippen LogP contribution in [0, 0.1) is 19.8 Å². The lowest BCUT2D eigenvalue weighted by molar-refractivity contribution is 0.104. The molecule has 0 aliphatic heterocycles. The molecule has 6 nitrogen and oxygen atoms in total. The minimum atomic E-state index is -0.537. The number of aliphatic hydroxyl groups excluding tert-OH is 1. The van der Waals surface area contributed by atoms with Crippen LogP contribution < -0.4 is 10.6 Å². The first-order valence-electron chi connectivity index (χ1n) is 8.70. The summed E-state index contributed by atoms with van der Waals surface area (Å²) in [6.07, 6.45) is 2.83. The van der Waals surface area contributed by atoms with Gasteiger partial charge in [-0.25, -0.2) is 9.78 Å². The predicted octanol–water partition coefficient (Wildman–Crippen LogP) is 3.88. The molecule has 0 spiro atoms. The maximum Gasteiger partial charge on any atom is 0.319 e. The lowest BCUT2D eigenvalue weighted by atomic mass is 9.97. The number of carbonyl (C=O) groups is 1. The van der Waals surface area contributed by atoms with E-state index in [0.717, 1.165) is 29.7 Å². The molecule has 0 fully saturated rings. The molecule has 136 valence electrons. The quantitative estimate of drug-likeness (QED) is 0.711. The van der Waals surface area contributed by atoms with Crippen LogP contribution >= 0.6 is 0 Å². The zero-order chi connectivity index (χ0) is 18.4. The van der Waals surface area contributed by atoms with Crippen LogP contribution in [0.3, 0.4) is 0 Å². The lowest BCUT2D eigenvalue weighted by Gasteiger charge is -2.20. The molecule has 3 N–H and O–H groups in total. The van der Waals surface area contributed by atoms with Gasteiger partial charge in [0, 0.05) is 17.8 Å². The van der Waals surface area contributed by atoms with Crippen molar-refractivity contribution in [2.24, 2.45) is 5.92 Å². The summed E-state index contributed by atoms with van der Waals surface area (Å²) in [4.78, 5) is 16.4. The van der Waals surface area contributed by atoms with Crippen LogP contribution in [0.2, 0.25) is 0 Å². The average molecular weight is 345 g/mol. The normalized spacial score (nSPS) is 12.2. The first-order valence-corrected chi connectivity index (χ1v) is 8.70. The molecular formula is C19H27N3O3. The Bertz CT molecular complexity index is 708. The fourth-order valence-corrected chi connectivity index (χ4v) is 2.78. The number of urea groups is 1. The van der Waals surface area contributed by atoms with E-state index in [4.69, 9.17) is 4.42 Å². The summed E-state index contributed by atoms with van der Waals surface area (Å²) in [6, 6.07) is 5.22. The highest BCUT2D eigenvalue weighted by Crippen LogP contribution is 2.26. The number of anilines is 1. The van der Waals surface area contributed by atoms with Crippen LogP contribution in [0.15, 0.2) is 28.9 Å². The molecule has 0 saturated carbocycles. The third-order valence-electron chi connectivity index (χ3n) is 4.41. The Morgan fingerprint density at radius 1 is 1.28 bits per heavy atom. The fraction of sp³-hybridized carbons (Fsp3) is 0.474. The van der Waals surface area contributed by atoms with Crippen molar-refractivity contribution in [3.63, 3.8) is 0 Å². The Morgan fingerprint density at radius 3 is 2.60 bits per heavy atom. The summed E-state index contributed by atoms with van der Waals surface area (Å²) >= 11 is 0. The molecule has 1 heterocycles. The maximum atomic E-state index is 12.1. The summed E-state index contributed by atoms with van der Waals surface area (Å²) in [5.74, 6) is 0.725. The zero-order valence-corrected chi connectivity index (χ0v) is 15.3. The van der Waals surface area contributed by atoms with Gasteiger partial charge in [-0.05, 0) is 37.5 Å². The zero-order valence-electron chi connectivity index (χ0n) is 15.3. The summed E-state index contributed by atoms with van der Waals surface area (Å²) in [6.45, 7) is 8.13. The monoisotopic (exact) mass is 345 g/mol. The molecule has 0 aliphatic rings. The summed E-state index contributed by atoms with van der Waals surface area (Å²) in [5.41, 5.74) is 3.30. The highest BCUT2D eigenvalue weighted by Gasteiger charge is 2.16. The maximum absolute atomic E-state index is 12.1. The Hall–Kier alpha value is -2.34. The number of aliphatic hydroxyl groups is 1. The van der Waals surface area contributed by atoms with E-state index in [0.29, 0.717) is 11.6 Å². The van der Waals surface area contributed by atoms with E-state index in [9.17, 15) is 9.90 Å². The van der Waals surface area contributed by atoms with Crippen molar-refractivity contribution >= 4 is 11.7 Å². The van der Waals surface area contributed by atoms with Gasteiger partial charge in [0.05, 0.1) is 11.8 Å². The minimum absolute atomic E-state index is 0.194. The molecule has 2 amide bonds. The number of aromatic nitrogens is 1. The average Bonchev–Trinajstić information content (AvgIpc) is 3.02. The largest absolute Gasteiger partial charge is 0.444 e. The Balaban J connectivity index is 1.99. The molecule has 6 heteroatoms. The lowest BCUT2D eigenvalue weighted by Crippen LogP contribution is -2.38. The molecule has 1 unspecified atom stereocenters. The van der Waals surface area contributed by atoms with Gasteiger partial charge in [0.2, 0.25) is 5.89 Å². The van der Waals surface area contributed by atoms with E-state index in [1.807, 2.05) is 45.9 Å². The van der Waals surface area contributed by atoms with Gasteiger partial charge in [-0.2, -0.15) is 0 Å². The van der Waals surface area contributed by atoms with E-state index in [1.165, 1.54) is 0 Å². The number of nitrogens with one attached hydrogen (secondary N) is 2. The molecule has 0 saturated heterocycles. The SMILES string of the molecule is CCC(CC)C(O)CNC(=O)Nc1ccc(C)c(-c2nc(C)co2)c1. The van der Waals surface area contributed by atoms with Gasteiger partial charge in [-0.1, -0.05) is 32.8 Å². The molecular weight excluding hydrogens is 318 g/mol. The number of rotatable bonds is 7. The Morgan fingerprint density at radius 2 is 2.00 bits per heavy atom. The van der Waals surface area contributed by atoms with E-state index in [2.05, 4.69) is 15.6 Å². The van der Waals surface area contributed by atoms with Crippen molar-refractivity contribution in [2.75, 3.05) is 11.9 Å². The van der Waals surface area contributed by atoms with Crippen molar-refractivity contribution in [1.82, 2.24) is 10.3 Å². The van der Waals surface area contributed by atoms with Crippen molar-refractivity contribution in [3.05, 3.63) is 35.7 Å².